The Morgan fingerprint density at radius 3 is 1.79 bits per heavy atom. The highest BCUT2D eigenvalue weighted by molar-refractivity contribution is 6.32. The topological polar surface area (TPSA) is 3.24 Å². The standard InChI is InChI=1S/C57H41N/c1-38-19-11-18-32-53(38)58(54-35-42-26-12-13-27-44(42)45-28-14-16-30-47(45)54)43-33-34-49-52(36-43)46-29-15-17-31-48(46)57-55(41-24-9-4-10-25-41)50(39-20-5-2-6-21-39)37-51(56(49)57)40-22-7-3-8-23-40/h2-7,9-22,24-37H,8,23H2,1H3. The highest BCUT2D eigenvalue weighted by Crippen LogP contribution is 2.50. The van der Waals surface area contributed by atoms with Gasteiger partial charge in [-0.15, -0.1) is 0 Å². The minimum atomic E-state index is 1.01. The lowest BCUT2D eigenvalue weighted by atomic mass is 9.80. The van der Waals surface area contributed by atoms with Gasteiger partial charge in [-0.2, -0.15) is 0 Å². The second-order valence-corrected chi connectivity index (χ2v) is 15.5. The van der Waals surface area contributed by atoms with E-state index < -0.39 is 0 Å². The molecule has 0 fully saturated rings. The van der Waals surface area contributed by atoms with Crippen LogP contribution >= 0.6 is 0 Å². The zero-order chi connectivity index (χ0) is 38.6. The molecule has 58 heavy (non-hydrogen) atoms. The van der Waals surface area contributed by atoms with Crippen LogP contribution in [0.1, 0.15) is 24.0 Å². The van der Waals surface area contributed by atoms with Gasteiger partial charge < -0.3 is 4.90 Å². The molecule has 274 valence electrons. The normalized spacial score (nSPS) is 12.8. The summed E-state index contributed by atoms with van der Waals surface area (Å²) < 4.78 is 0. The number of allylic oxidation sites excluding steroid dienone is 4. The molecule has 11 rings (SSSR count). The molecule has 0 bridgehead atoms. The molecule has 0 aliphatic heterocycles. The molecule has 1 aliphatic carbocycles. The Hall–Kier alpha value is -7.22. The molecule has 1 heteroatoms. The van der Waals surface area contributed by atoms with E-state index in [9.17, 15) is 0 Å². The van der Waals surface area contributed by atoms with E-state index in [4.69, 9.17) is 0 Å². The Morgan fingerprint density at radius 1 is 0.431 bits per heavy atom. The molecule has 0 N–H and O–H groups in total. The Balaban J connectivity index is 1.29. The van der Waals surface area contributed by atoms with Gasteiger partial charge in [0.25, 0.3) is 0 Å². The SMILES string of the molecule is Cc1ccccc1N(c1ccc2c(c1)c1ccccc1c1c(-c3ccccc3)c(-c3ccccc3)cc(C3=CC=CCC3)c21)c1cc2ccccc2c2ccccc12. The summed E-state index contributed by atoms with van der Waals surface area (Å²) in [5.74, 6) is 0. The first kappa shape index (κ1) is 34.1. The monoisotopic (exact) mass is 739 g/mol. The van der Waals surface area contributed by atoms with Crippen LogP contribution in [0.3, 0.4) is 0 Å². The number of nitrogens with zero attached hydrogens (tertiary/aromatic N) is 1. The van der Waals surface area contributed by atoms with E-state index in [1.54, 1.807) is 0 Å². The molecule has 0 saturated heterocycles. The van der Waals surface area contributed by atoms with Crippen LogP contribution in [0.5, 0.6) is 0 Å². The van der Waals surface area contributed by atoms with Crippen molar-refractivity contribution in [2.24, 2.45) is 0 Å². The second-order valence-electron chi connectivity index (χ2n) is 15.5. The first-order valence-corrected chi connectivity index (χ1v) is 20.4. The maximum atomic E-state index is 2.49. The van der Waals surface area contributed by atoms with Crippen molar-refractivity contribution in [3.63, 3.8) is 0 Å². The zero-order valence-electron chi connectivity index (χ0n) is 32.5. The van der Waals surface area contributed by atoms with Crippen LogP contribution < -0.4 is 4.90 Å². The van der Waals surface area contributed by atoms with Gasteiger partial charge in [0.1, 0.15) is 0 Å². The number of benzene rings is 10. The summed E-state index contributed by atoms with van der Waals surface area (Å²) in [6.45, 7) is 2.23. The van der Waals surface area contributed by atoms with Crippen molar-refractivity contribution in [3.8, 4) is 22.3 Å². The van der Waals surface area contributed by atoms with Crippen LogP contribution in [0.25, 0.3) is 81.7 Å². The predicted octanol–water partition coefficient (Wildman–Crippen LogP) is 16.3. The Labute approximate surface area is 339 Å². The minimum absolute atomic E-state index is 1.01. The average molecular weight is 740 g/mol. The first-order chi connectivity index (χ1) is 28.7. The molecule has 10 aromatic rings. The van der Waals surface area contributed by atoms with Crippen molar-refractivity contribution in [2.75, 3.05) is 4.90 Å². The summed E-state index contributed by atoms with van der Waals surface area (Å²) in [7, 11) is 0. The molecule has 0 spiro atoms. The third-order valence-corrected chi connectivity index (χ3v) is 12.2. The highest BCUT2D eigenvalue weighted by atomic mass is 15.1. The fourth-order valence-corrected chi connectivity index (χ4v) is 9.55. The number of anilines is 3. The van der Waals surface area contributed by atoms with Gasteiger partial charge in [-0.3, -0.25) is 0 Å². The number of aryl methyl sites for hydroxylation is 1. The van der Waals surface area contributed by atoms with Crippen molar-refractivity contribution in [2.45, 2.75) is 19.8 Å². The van der Waals surface area contributed by atoms with Gasteiger partial charge in [0.15, 0.2) is 0 Å². The van der Waals surface area contributed by atoms with Gasteiger partial charge in [0.05, 0.1) is 5.69 Å². The lowest BCUT2D eigenvalue weighted by Crippen LogP contribution is -2.12. The molecule has 0 atom stereocenters. The molecule has 0 radical (unpaired) electrons. The average Bonchev–Trinajstić information content (AvgIpc) is 3.30. The van der Waals surface area contributed by atoms with Gasteiger partial charge in [0, 0.05) is 16.8 Å². The Kier molecular flexibility index (Phi) is 8.26. The van der Waals surface area contributed by atoms with Crippen LogP contribution in [0, 0.1) is 6.92 Å². The fraction of sp³-hybridized carbons (Fsp3) is 0.0526. The number of hydrogen-bond acceptors (Lipinski definition) is 1. The highest BCUT2D eigenvalue weighted by Gasteiger charge is 2.24. The van der Waals surface area contributed by atoms with E-state index in [0.29, 0.717) is 0 Å². The molecule has 10 aromatic carbocycles. The lowest BCUT2D eigenvalue weighted by Gasteiger charge is -2.29. The molecule has 1 nitrogen and oxygen atoms in total. The van der Waals surface area contributed by atoms with Gasteiger partial charge in [0.2, 0.25) is 0 Å². The van der Waals surface area contributed by atoms with Crippen molar-refractivity contribution in [1.29, 1.82) is 0 Å². The summed E-state index contributed by atoms with van der Waals surface area (Å²) in [4.78, 5) is 2.49. The molecule has 0 saturated carbocycles. The number of fused-ring (bicyclic) bond motifs is 9. The second kappa shape index (κ2) is 14.1. The quantitative estimate of drug-likeness (QED) is 0.154. The minimum Gasteiger partial charge on any atom is -0.310 e. The number of para-hydroxylation sites is 1. The Bertz CT molecular complexity index is 3280. The third-order valence-electron chi connectivity index (χ3n) is 12.2. The van der Waals surface area contributed by atoms with Gasteiger partial charge in [-0.25, -0.2) is 0 Å². The van der Waals surface area contributed by atoms with E-state index in [0.717, 1.165) is 18.5 Å². The smallest absolute Gasteiger partial charge is 0.0546 e. The van der Waals surface area contributed by atoms with Crippen LogP contribution in [0.4, 0.5) is 17.1 Å². The number of hydrogen-bond donors (Lipinski definition) is 0. The van der Waals surface area contributed by atoms with Crippen molar-refractivity contribution in [3.05, 3.63) is 217 Å². The molecular weight excluding hydrogens is 699 g/mol. The zero-order valence-corrected chi connectivity index (χ0v) is 32.5. The maximum absolute atomic E-state index is 2.49. The first-order valence-electron chi connectivity index (χ1n) is 20.4. The summed E-state index contributed by atoms with van der Waals surface area (Å²) in [5, 5.41) is 12.7. The summed E-state index contributed by atoms with van der Waals surface area (Å²) in [6, 6.07) is 69.6. The molecule has 0 unspecified atom stereocenters. The van der Waals surface area contributed by atoms with E-state index in [2.05, 4.69) is 218 Å². The van der Waals surface area contributed by atoms with Gasteiger partial charge in [-0.1, -0.05) is 176 Å². The van der Waals surface area contributed by atoms with E-state index in [1.165, 1.54) is 104 Å². The molecular formula is C57H41N. The fourth-order valence-electron chi connectivity index (χ4n) is 9.55. The summed E-state index contributed by atoms with van der Waals surface area (Å²) >= 11 is 0. The molecule has 0 heterocycles. The van der Waals surface area contributed by atoms with E-state index >= 15 is 0 Å². The van der Waals surface area contributed by atoms with Crippen molar-refractivity contribution in [1.82, 2.24) is 0 Å². The van der Waals surface area contributed by atoms with Crippen molar-refractivity contribution < 1.29 is 0 Å². The summed E-state index contributed by atoms with van der Waals surface area (Å²) in [5.41, 5.74) is 12.4. The lowest BCUT2D eigenvalue weighted by molar-refractivity contribution is 1.06. The molecule has 1 aliphatic rings. The van der Waals surface area contributed by atoms with E-state index in [-0.39, 0.29) is 0 Å². The third kappa shape index (κ3) is 5.54. The van der Waals surface area contributed by atoms with Crippen LogP contribution in [0.2, 0.25) is 0 Å². The van der Waals surface area contributed by atoms with Crippen LogP contribution in [-0.2, 0) is 0 Å². The van der Waals surface area contributed by atoms with Gasteiger partial charge >= 0.3 is 0 Å². The van der Waals surface area contributed by atoms with Crippen LogP contribution in [0.15, 0.2) is 206 Å². The number of rotatable bonds is 6. The van der Waals surface area contributed by atoms with Crippen LogP contribution in [-0.4, -0.2) is 0 Å². The Morgan fingerprint density at radius 2 is 1.05 bits per heavy atom. The van der Waals surface area contributed by atoms with Crippen molar-refractivity contribution >= 4 is 76.5 Å². The largest absolute Gasteiger partial charge is 0.310 e. The maximum Gasteiger partial charge on any atom is 0.0546 e. The predicted molar refractivity (Wildman–Crippen MR) is 251 cm³/mol. The van der Waals surface area contributed by atoms with Gasteiger partial charge in [-0.05, 0) is 138 Å². The summed E-state index contributed by atoms with van der Waals surface area (Å²) in [6.07, 6.45) is 8.92. The molecule has 0 amide bonds. The molecule has 0 aromatic heterocycles. The van der Waals surface area contributed by atoms with E-state index in [1.807, 2.05) is 0 Å².